The Morgan fingerprint density at radius 1 is 1.00 bits per heavy atom. The molecule has 8 heteroatoms. The minimum absolute atomic E-state index is 0.254. The first kappa shape index (κ1) is 25.0. The van der Waals surface area contributed by atoms with Gasteiger partial charge in [0, 0.05) is 37.3 Å². The van der Waals surface area contributed by atoms with Crippen LogP contribution in [0.2, 0.25) is 0 Å². The van der Waals surface area contributed by atoms with Crippen LogP contribution in [0, 0.1) is 13.8 Å². The van der Waals surface area contributed by atoms with Gasteiger partial charge in [0.1, 0.15) is 0 Å². The van der Waals surface area contributed by atoms with Crippen LogP contribution in [0.15, 0.2) is 47.2 Å². The molecule has 0 spiro atoms. The molecule has 1 aromatic carbocycles. The fourth-order valence-electron chi connectivity index (χ4n) is 4.28. The number of hydrogen-bond acceptors (Lipinski definition) is 6. The summed E-state index contributed by atoms with van der Waals surface area (Å²) in [4.78, 5) is 39.8. The fraction of sp³-hybridized carbons (Fsp3) is 0.346. The number of nitrogens with zero attached hydrogens (tertiary/aromatic N) is 2. The standard InChI is InChI=1S/C26H30N2O6/c1-16-14-19(17(2)28(16)22-11-8-7-10-20(22)25(30)33-5)15-21-23(26(31)34-6)18(3)27(24(21)29)12-9-13-32-4/h7-8,10-11,14-15H,9,12-13H2,1-6H3/b21-15+. The number of aryl methyl sites for hydroxylation is 1. The molecule has 0 bridgehead atoms. The van der Waals surface area contributed by atoms with Gasteiger partial charge in [-0.3, -0.25) is 4.79 Å². The van der Waals surface area contributed by atoms with Gasteiger partial charge in [0.05, 0.1) is 36.6 Å². The average Bonchev–Trinajstić information content (AvgIpc) is 3.24. The first-order chi connectivity index (χ1) is 16.3. The zero-order chi connectivity index (χ0) is 25.0. The molecule has 1 aliphatic rings. The van der Waals surface area contributed by atoms with E-state index >= 15 is 0 Å². The Hall–Kier alpha value is -3.65. The highest BCUT2D eigenvalue weighted by atomic mass is 16.5. The van der Waals surface area contributed by atoms with E-state index in [-0.39, 0.29) is 17.1 Å². The van der Waals surface area contributed by atoms with Gasteiger partial charge >= 0.3 is 11.9 Å². The Morgan fingerprint density at radius 3 is 2.32 bits per heavy atom. The van der Waals surface area contributed by atoms with Gasteiger partial charge in [0.25, 0.3) is 5.91 Å². The number of carbonyl (C=O) groups excluding carboxylic acids is 3. The summed E-state index contributed by atoms with van der Waals surface area (Å²) in [5.41, 5.74) is 4.63. The van der Waals surface area contributed by atoms with Gasteiger partial charge in [0.2, 0.25) is 0 Å². The maximum atomic E-state index is 13.3. The average molecular weight is 467 g/mol. The summed E-state index contributed by atoms with van der Waals surface area (Å²) in [6.45, 7) is 6.50. The lowest BCUT2D eigenvalue weighted by Crippen LogP contribution is -2.26. The zero-order valence-electron chi connectivity index (χ0n) is 20.4. The summed E-state index contributed by atoms with van der Waals surface area (Å²) in [7, 11) is 4.25. The van der Waals surface area contributed by atoms with Crippen LogP contribution in [0.4, 0.5) is 0 Å². The van der Waals surface area contributed by atoms with Crippen LogP contribution in [0.3, 0.4) is 0 Å². The highest BCUT2D eigenvalue weighted by Gasteiger charge is 2.37. The van der Waals surface area contributed by atoms with Gasteiger partial charge in [-0.1, -0.05) is 12.1 Å². The van der Waals surface area contributed by atoms with Gasteiger partial charge < -0.3 is 23.7 Å². The number of methoxy groups -OCH3 is 3. The van der Waals surface area contributed by atoms with Crippen molar-refractivity contribution in [2.45, 2.75) is 27.2 Å². The van der Waals surface area contributed by atoms with Crippen LogP contribution in [0.5, 0.6) is 0 Å². The molecule has 180 valence electrons. The van der Waals surface area contributed by atoms with Crippen molar-refractivity contribution in [2.75, 3.05) is 34.5 Å². The normalized spacial score (nSPS) is 14.8. The number of ether oxygens (including phenoxy) is 3. The molecule has 1 aromatic heterocycles. The number of amides is 1. The molecule has 34 heavy (non-hydrogen) atoms. The minimum Gasteiger partial charge on any atom is -0.465 e. The van der Waals surface area contributed by atoms with Crippen LogP contribution in [-0.4, -0.2) is 61.8 Å². The van der Waals surface area contributed by atoms with Crippen LogP contribution >= 0.6 is 0 Å². The Morgan fingerprint density at radius 2 is 1.68 bits per heavy atom. The van der Waals surface area contributed by atoms with E-state index in [4.69, 9.17) is 14.2 Å². The van der Waals surface area contributed by atoms with Gasteiger partial charge in [-0.25, -0.2) is 9.59 Å². The predicted molar refractivity (Wildman–Crippen MR) is 127 cm³/mol. The quantitative estimate of drug-likeness (QED) is 0.336. The number of benzene rings is 1. The van der Waals surface area contributed by atoms with E-state index in [0.29, 0.717) is 36.5 Å². The van der Waals surface area contributed by atoms with Crippen LogP contribution in [-0.2, 0) is 23.8 Å². The molecular weight excluding hydrogens is 436 g/mol. The Kier molecular flexibility index (Phi) is 7.73. The van der Waals surface area contributed by atoms with Crippen molar-refractivity contribution in [3.63, 3.8) is 0 Å². The molecule has 0 atom stereocenters. The van der Waals surface area contributed by atoms with E-state index in [0.717, 1.165) is 17.0 Å². The Labute approximate surface area is 199 Å². The number of hydrogen-bond donors (Lipinski definition) is 0. The van der Waals surface area contributed by atoms with Crippen molar-refractivity contribution >= 4 is 23.9 Å². The van der Waals surface area contributed by atoms with Gasteiger partial charge in [0.15, 0.2) is 0 Å². The maximum Gasteiger partial charge on any atom is 0.340 e. The zero-order valence-corrected chi connectivity index (χ0v) is 20.4. The molecule has 0 radical (unpaired) electrons. The van der Waals surface area contributed by atoms with E-state index in [1.54, 1.807) is 37.1 Å². The number of esters is 2. The monoisotopic (exact) mass is 466 g/mol. The van der Waals surface area contributed by atoms with Gasteiger partial charge in [-0.05, 0) is 57.0 Å². The first-order valence-electron chi connectivity index (χ1n) is 11.0. The van der Waals surface area contributed by atoms with Gasteiger partial charge in [-0.2, -0.15) is 0 Å². The van der Waals surface area contributed by atoms with Crippen molar-refractivity contribution in [3.05, 3.63) is 69.7 Å². The lowest BCUT2D eigenvalue weighted by atomic mass is 10.0. The molecule has 0 aliphatic carbocycles. The van der Waals surface area contributed by atoms with Crippen molar-refractivity contribution in [3.8, 4) is 5.69 Å². The minimum atomic E-state index is -0.559. The molecule has 0 saturated heterocycles. The summed E-state index contributed by atoms with van der Waals surface area (Å²) < 4.78 is 17.0. The Balaban J connectivity index is 2.11. The molecule has 1 aliphatic heterocycles. The molecule has 0 fully saturated rings. The second-order valence-electron chi connectivity index (χ2n) is 7.98. The topological polar surface area (TPSA) is 87.1 Å². The number of rotatable bonds is 8. The van der Waals surface area contributed by atoms with Crippen molar-refractivity contribution in [1.29, 1.82) is 0 Å². The van der Waals surface area contributed by atoms with Crippen LogP contribution in [0.25, 0.3) is 11.8 Å². The Bertz CT molecular complexity index is 1190. The molecule has 2 aromatic rings. The summed E-state index contributed by atoms with van der Waals surface area (Å²) in [5.74, 6) is -1.25. The van der Waals surface area contributed by atoms with Crippen molar-refractivity contribution in [2.24, 2.45) is 0 Å². The molecular formula is C26H30N2O6. The molecule has 8 nitrogen and oxygen atoms in total. The van der Waals surface area contributed by atoms with Crippen molar-refractivity contribution in [1.82, 2.24) is 9.47 Å². The van der Waals surface area contributed by atoms with E-state index < -0.39 is 11.9 Å². The number of carbonyl (C=O) groups is 3. The summed E-state index contributed by atoms with van der Waals surface area (Å²) in [6, 6.07) is 9.09. The van der Waals surface area contributed by atoms with Gasteiger partial charge in [-0.15, -0.1) is 0 Å². The van der Waals surface area contributed by atoms with E-state index in [1.807, 2.05) is 36.6 Å². The third-order valence-electron chi connectivity index (χ3n) is 5.95. The molecule has 0 N–H and O–H groups in total. The smallest absolute Gasteiger partial charge is 0.340 e. The summed E-state index contributed by atoms with van der Waals surface area (Å²) in [6.07, 6.45) is 2.36. The highest BCUT2D eigenvalue weighted by molar-refractivity contribution is 6.16. The third kappa shape index (κ3) is 4.54. The highest BCUT2D eigenvalue weighted by Crippen LogP contribution is 2.33. The van der Waals surface area contributed by atoms with E-state index in [2.05, 4.69) is 0 Å². The molecule has 3 rings (SSSR count). The van der Waals surface area contributed by atoms with E-state index in [1.165, 1.54) is 14.2 Å². The summed E-state index contributed by atoms with van der Waals surface area (Å²) >= 11 is 0. The van der Waals surface area contributed by atoms with Crippen molar-refractivity contribution < 1.29 is 28.6 Å². The lowest BCUT2D eigenvalue weighted by molar-refractivity contribution is -0.136. The predicted octanol–water partition coefficient (Wildman–Crippen LogP) is 3.59. The van der Waals surface area contributed by atoms with E-state index in [9.17, 15) is 14.4 Å². The molecule has 0 unspecified atom stereocenters. The summed E-state index contributed by atoms with van der Waals surface area (Å²) in [5, 5.41) is 0. The maximum absolute atomic E-state index is 13.3. The lowest BCUT2D eigenvalue weighted by Gasteiger charge is -2.17. The van der Waals surface area contributed by atoms with Crippen LogP contribution in [0.1, 0.15) is 40.7 Å². The number of allylic oxidation sites excluding steroid dienone is 1. The molecule has 1 amide bonds. The number of aromatic nitrogens is 1. The third-order valence-corrected chi connectivity index (χ3v) is 5.95. The molecule has 2 heterocycles. The second kappa shape index (κ2) is 10.5. The second-order valence-corrected chi connectivity index (χ2v) is 7.98. The largest absolute Gasteiger partial charge is 0.465 e. The number of para-hydroxylation sites is 1. The first-order valence-corrected chi connectivity index (χ1v) is 11.0. The fourth-order valence-corrected chi connectivity index (χ4v) is 4.28. The molecule has 0 saturated carbocycles. The van der Waals surface area contributed by atoms with Crippen LogP contribution < -0.4 is 0 Å². The SMILES string of the molecule is COCCCN1C(=O)/C(=C/c2cc(C)n(-c3ccccc3C(=O)OC)c2C)C(C(=O)OC)=C1C.